The lowest BCUT2D eigenvalue weighted by Crippen LogP contribution is -2.44. The summed E-state index contributed by atoms with van der Waals surface area (Å²) in [6.45, 7) is 5.44. The van der Waals surface area contributed by atoms with Crippen LogP contribution in [0.5, 0.6) is 0 Å². The number of hydrogen-bond acceptors (Lipinski definition) is 6. The monoisotopic (exact) mass is 382 g/mol. The Morgan fingerprint density at radius 2 is 2.14 bits per heavy atom. The van der Waals surface area contributed by atoms with Crippen LogP contribution >= 0.6 is 0 Å². The Bertz CT molecular complexity index is 982. The Hall–Kier alpha value is -2.72. The smallest absolute Gasteiger partial charge is 0.268 e. The average molecular weight is 382 g/mol. The maximum atomic E-state index is 12.5. The van der Waals surface area contributed by atoms with Crippen LogP contribution in [0.1, 0.15) is 62.0 Å². The van der Waals surface area contributed by atoms with E-state index in [4.69, 9.17) is 4.74 Å². The summed E-state index contributed by atoms with van der Waals surface area (Å²) >= 11 is 0. The zero-order valence-corrected chi connectivity index (χ0v) is 16.7. The summed E-state index contributed by atoms with van der Waals surface area (Å²) in [5.41, 5.74) is 0.932. The molecule has 0 saturated carbocycles. The fourth-order valence-corrected chi connectivity index (χ4v) is 3.64. The molecule has 0 bridgehead atoms. The number of nitriles is 1. The van der Waals surface area contributed by atoms with E-state index in [9.17, 15) is 14.9 Å². The Morgan fingerprint density at radius 1 is 1.43 bits per heavy atom. The molecule has 2 aromatic rings. The number of nitrogens with one attached hydrogen (secondary N) is 1. The van der Waals surface area contributed by atoms with Gasteiger partial charge in [-0.3, -0.25) is 14.6 Å². The first-order valence-electron chi connectivity index (χ1n) is 9.72. The summed E-state index contributed by atoms with van der Waals surface area (Å²) in [4.78, 5) is 33.9. The molecule has 0 atom stereocenters. The van der Waals surface area contributed by atoms with E-state index >= 15 is 0 Å². The van der Waals surface area contributed by atoms with Crippen LogP contribution < -0.4 is 10.5 Å². The number of nitrogens with zero attached hydrogens (tertiary/aromatic N) is 3. The van der Waals surface area contributed by atoms with Crippen molar-refractivity contribution in [1.82, 2.24) is 9.97 Å². The fraction of sp³-hybridized carbons (Fsp3) is 0.524. The van der Waals surface area contributed by atoms with Gasteiger partial charge in [-0.2, -0.15) is 5.26 Å². The highest BCUT2D eigenvalue weighted by molar-refractivity contribution is 6.01. The molecule has 2 aromatic heterocycles. The van der Waals surface area contributed by atoms with Gasteiger partial charge >= 0.3 is 0 Å². The van der Waals surface area contributed by atoms with Crippen molar-refractivity contribution in [1.29, 1.82) is 5.26 Å². The number of anilines is 1. The SMILES string of the molecule is CCCCC(=O)c1cc2c(N3CCC(C)(OC)CC3)c(C#N)c(=O)[nH]c2cn1. The predicted molar refractivity (Wildman–Crippen MR) is 108 cm³/mol. The van der Waals surface area contributed by atoms with Crippen LogP contribution in [0.25, 0.3) is 10.9 Å². The van der Waals surface area contributed by atoms with Gasteiger partial charge in [-0.15, -0.1) is 0 Å². The summed E-state index contributed by atoms with van der Waals surface area (Å²) in [5.74, 6) is -0.0231. The van der Waals surface area contributed by atoms with Gasteiger partial charge in [0.2, 0.25) is 0 Å². The minimum Gasteiger partial charge on any atom is -0.378 e. The molecular formula is C21H26N4O3. The number of H-pyrrole nitrogens is 1. The minimum atomic E-state index is -0.433. The van der Waals surface area contributed by atoms with E-state index in [1.165, 1.54) is 6.20 Å². The van der Waals surface area contributed by atoms with Crippen molar-refractivity contribution >= 4 is 22.4 Å². The summed E-state index contributed by atoms with van der Waals surface area (Å²) < 4.78 is 5.60. The quantitative estimate of drug-likeness (QED) is 0.771. The Morgan fingerprint density at radius 3 is 2.75 bits per heavy atom. The van der Waals surface area contributed by atoms with Crippen molar-refractivity contribution < 1.29 is 9.53 Å². The number of methoxy groups -OCH3 is 1. The molecule has 1 aliphatic rings. The average Bonchev–Trinajstić information content (AvgIpc) is 2.71. The molecule has 1 aliphatic heterocycles. The van der Waals surface area contributed by atoms with E-state index in [1.54, 1.807) is 13.2 Å². The number of pyridine rings is 2. The van der Waals surface area contributed by atoms with Gasteiger partial charge < -0.3 is 14.6 Å². The Labute approximate surface area is 164 Å². The third-order valence-electron chi connectivity index (χ3n) is 5.66. The number of ketones is 1. The normalized spacial score (nSPS) is 16.1. The highest BCUT2D eigenvalue weighted by Gasteiger charge is 2.32. The van der Waals surface area contributed by atoms with E-state index in [1.807, 2.05) is 13.0 Å². The number of Topliss-reactive ketones (excluding diaryl/α,β-unsaturated/α-hetero) is 1. The highest BCUT2D eigenvalue weighted by Crippen LogP contribution is 2.33. The number of rotatable bonds is 6. The van der Waals surface area contributed by atoms with Crippen molar-refractivity contribution in [3.05, 3.63) is 33.9 Å². The molecule has 0 spiro atoms. The number of hydrogen-bond donors (Lipinski definition) is 1. The summed E-state index contributed by atoms with van der Waals surface area (Å²) in [6.07, 6.45) is 5.27. The van der Waals surface area contributed by atoms with Gasteiger partial charge in [0.25, 0.3) is 5.56 Å². The van der Waals surface area contributed by atoms with Crippen LogP contribution in [0.2, 0.25) is 0 Å². The molecule has 7 nitrogen and oxygen atoms in total. The van der Waals surface area contributed by atoms with E-state index < -0.39 is 5.56 Å². The van der Waals surface area contributed by atoms with Crippen LogP contribution in [0, 0.1) is 11.3 Å². The summed E-state index contributed by atoms with van der Waals surface area (Å²) in [5, 5.41) is 10.3. The lowest BCUT2D eigenvalue weighted by molar-refractivity contribution is -0.0132. The first-order chi connectivity index (χ1) is 13.4. The standard InChI is InChI=1S/C21H26N4O3/c1-4-5-6-18(26)16-11-14-17(13-23-16)24-20(27)15(12-22)19(14)25-9-7-21(2,28-3)8-10-25/h11,13H,4-10H2,1-3H3,(H,24,27). The maximum absolute atomic E-state index is 12.5. The second-order valence-corrected chi connectivity index (χ2v) is 7.57. The number of ether oxygens (including phenoxy) is 1. The predicted octanol–water partition coefficient (Wildman–Crippen LogP) is 3.17. The van der Waals surface area contributed by atoms with Gasteiger partial charge in [-0.1, -0.05) is 13.3 Å². The van der Waals surface area contributed by atoms with E-state index in [2.05, 4.69) is 21.8 Å². The first-order valence-corrected chi connectivity index (χ1v) is 9.72. The molecule has 0 aromatic carbocycles. The number of fused-ring (bicyclic) bond motifs is 1. The molecule has 0 amide bonds. The maximum Gasteiger partial charge on any atom is 0.268 e. The molecule has 1 fully saturated rings. The second kappa shape index (κ2) is 8.11. The molecule has 0 aliphatic carbocycles. The topological polar surface area (TPSA) is 99.1 Å². The molecule has 3 heterocycles. The van der Waals surface area contributed by atoms with Gasteiger partial charge in [-0.05, 0) is 32.3 Å². The molecule has 28 heavy (non-hydrogen) atoms. The molecule has 148 valence electrons. The number of aromatic nitrogens is 2. The van der Waals surface area contributed by atoms with Crippen LogP contribution in [-0.2, 0) is 4.74 Å². The number of aromatic amines is 1. The number of carbonyl (C=O) groups excluding carboxylic acids is 1. The third-order valence-corrected chi connectivity index (χ3v) is 5.66. The largest absolute Gasteiger partial charge is 0.378 e. The van der Waals surface area contributed by atoms with Crippen LogP contribution in [0.15, 0.2) is 17.1 Å². The Kier molecular flexibility index (Phi) is 5.80. The van der Waals surface area contributed by atoms with Crippen LogP contribution in [-0.4, -0.2) is 41.6 Å². The summed E-state index contributed by atoms with van der Waals surface area (Å²) in [7, 11) is 1.71. The van der Waals surface area contributed by atoms with E-state index in [0.29, 0.717) is 41.8 Å². The van der Waals surface area contributed by atoms with Gasteiger partial charge in [0.15, 0.2) is 5.78 Å². The molecule has 1 N–H and O–H groups in total. The first kappa shape index (κ1) is 20.0. The summed E-state index contributed by atoms with van der Waals surface area (Å²) in [6, 6.07) is 3.76. The van der Waals surface area contributed by atoms with E-state index in [-0.39, 0.29) is 16.9 Å². The molecule has 0 radical (unpaired) electrons. The molecule has 7 heteroatoms. The molecule has 3 rings (SSSR count). The van der Waals surface area contributed by atoms with Crippen molar-refractivity contribution in [2.45, 2.75) is 51.6 Å². The lowest BCUT2D eigenvalue weighted by atomic mass is 9.92. The van der Waals surface area contributed by atoms with Crippen molar-refractivity contribution in [2.24, 2.45) is 0 Å². The molecular weight excluding hydrogens is 356 g/mol. The minimum absolute atomic E-state index is 0.0231. The van der Waals surface area contributed by atoms with Crippen molar-refractivity contribution in [2.75, 3.05) is 25.1 Å². The van der Waals surface area contributed by atoms with Gasteiger partial charge in [0, 0.05) is 32.0 Å². The van der Waals surface area contributed by atoms with Crippen LogP contribution in [0.3, 0.4) is 0 Å². The highest BCUT2D eigenvalue weighted by atomic mass is 16.5. The number of piperidine rings is 1. The van der Waals surface area contributed by atoms with Gasteiger partial charge in [0.1, 0.15) is 17.3 Å². The van der Waals surface area contributed by atoms with Gasteiger partial charge in [0.05, 0.1) is 23.0 Å². The Balaban J connectivity index is 2.09. The lowest BCUT2D eigenvalue weighted by Gasteiger charge is -2.40. The fourth-order valence-electron chi connectivity index (χ4n) is 3.64. The van der Waals surface area contributed by atoms with Crippen LogP contribution in [0.4, 0.5) is 5.69 Å². The third kappa shape index (κ3) is 3.78. The van der Waals surface area contributed by atoms with Crippen molar-refractivity contribution in [3.63, 3.8) is 0 Å². The zero-order valence-electron chi connectivity index (χ0n) is 16.7. The molecule has 0 unspecified atom stereocenters. The van der Waals surface area contributed by atoms with Crippen molar-refractivity contribution in [3.8, 4) is 6.07 Å². The second-order valence-electron chi connectivity index (χ2n) is 7.57. The number of unbranched alkanes of at least 4 members (excludes halogenated alkanes) is 1. The zero-order chi connectivity index (χ0) is 20.3. The molecule has 1 saturated heterocycles. The van der Waals surface area contributed by atoms with E-state index in [0.717, 1.165) is 25.7 Å². The van der Waals surface area contributed by atoms with Gasteiger partial charge in [-0.25, -0.2) is 0 Å². The number of carbonyl (C=O) groups is 1.